The number of likely N-dealkylation sites (N-methyl/N-ethyl adjacent to an activating group) is 1. The Kier molecular flexibility index (Phi) is 6.87. The van der Waals surface area contributed by atoms with E-state index in [4.69, 9.17) is 9.72 Å². The van der Waals surface area contributed by atoms with Gasteiger partial charge in [0.25, 0.3) is 5.91 Å². The van der Waals surface area contributed by atoms with E-state index in [1.807, 2.05) is 23.1 Å². The molecule has 0 aliphatic carbocycles. The summed E-state index contributed by atoms with van der Waals surface area (Å²) in [7, 11) is 1.61. The van der Waals surface area contributed by atoms with E-state index in [0.29, 0.717) is 17.9 Å². The fraction of sp³-hybridized carbons (Fsp3) is 0.391. The van der Waals surface area contributed by atoms with E-state index in [-0.39, 0.29) is 5.91 Å². The van der Waals surface area contributed by atoms with Crippen LogP contribution in [-0.2, 0) is 0 Å². The molecule has 0 aliphatic heterocycles. The Bertz CT molecular complexity index is 995. The number of nitrogens with zero attached hydrogens (tertiary/aromatic N) is 3. The van der Waals surface area contributed by atoms with E-state index >= 15 is 0 Å². The first-order chi connectivity index (χ1) is 14.0. The molecule has 1 amide bonds. The van der Waals surface area contributed by atoms with Crippen molar-refractivity contribution >= 4 is 32.6 Å². The van der Waals surface area contributed by atoms with Crippen LogP contribution in [0.2, 0.25) is 0 Å². The van der Waals surface area contributed by atoms with Gasteiger partial charge in [0, 0.05) is 18.7 Å². The lowest BCUT2D eigenvalue weighted by Crippen LogP contribution is -2.38. The summed E-state index contributed by atoms with van der Waals surface area (Å²) in [6, 6.07) is 11.5. The molecule has 3 aromatic rings. The first-order valence-corrected chi connectivity index (χ1v) is 10.8. The summed E-state index contributed by atoms with van der Waals surface area (Å²) in [6.45, 7) is 11.8. The smallest absolute Gasteiger partial charge is 0.260 e. The second kappa shape index (κ2) is 9.37. The Morgan fingerprint density at radius 2 is 1.86 bits per heavy atom. The molecule has 1 heterocycles. The zero-order valence-electron chi connectivity index (χ0n) is 17.9. The van der Waals surface area contributed by atoms with Crippen molar-refractivity contribution in [2.45, 2.75) is 27.7 Å². The average Bonchev–Trinajstić information content (AvgIpc) is 3.18. The average molecular weight is 412 g/mol. The number of methoxy groups -OCH3 is 1. The highest BCUT2D eigenvalue weighted by Gasteiger charge is 2.23. The number of rotatable bonds is 8. The molecule has 1 aromatic heterocycles. The monoisotopic (exact) mass is 411 g/mol. The minimum Gasteiger partial charge on any atom is -0.497 e. The minimum atomic E-state index is -0.0514. The van der Waals surface area contributed by atoms with Gasteiger partial charge in [0.15, 0.2) is 5.13 Å². The predicted octanol–water partition coefficient (Wildman–Crippen LogP) is 4.91. The largest absolute Gasteiger partial charge is 0.497 e. The van der Waals surface area contributed by atoms with Crippen molar-refractivity contribution in [2.24, 2.45) is 0 Å². The van der Waals surface area contributed by atoms with Crippen LogP contribution in [0.15, 0.2) is 36.4 Å². The van der Waals surface area contributed by atoms with Gasteiger partial charge in [-0.2, -0.15) is 0 Å². The Morgan fingerprint density at radius 1 is 1.10 bits per heavy atom. The first-order valence-electron chi connectivity index (χ1n) is 10.0. The van der Waals surface area contributed by atoms with Gasteiger partial charge >= 0.3 is 0 Å². The molecule has 3 rings (SSSR count). The molecule has 6 heteroatoms. The first kappa shape index (κ1) is 21.3. The molecule has 5 nitrogen and oxygen atoms in total. The molecule has 0 aliphatic rings. The van der Waals surface area contributed by atoms with Gasteiger partial charge in [-0.25, -0.2) is 4.98 Å². The second-order valence-corrected chi connectivity index (χ2v) is 8.08. The molecule has 29 heavy (non-hydrogen) atoms. The van der Waals surface area contributed by atoms with Crippen LogP contribution in [0, 0.1) is 13.8 Å². The number of thiazole rings is 1. The summed E-state index contributed by atoms with van der Waals surface area (Å²) in [5.41, 5.74) is 3.97. The summed E-state index contributed by atoms with van der Waals surface area (Å²) in [5, 5.41) is 0.744. The highest BCUT2D eigenvalue weighted by Crippen LogP contribution is 2.32. The van der Waals surface area contributed by atoms with E-state index < -0.39 is 0 Å². The van der Waals surface area contributed by atoms with Gasteiger partial charge in [-0.1, -0.05) is 37.3 Å². The Hall–Kier alpha value is -2.44. The molecular weight excluding hydrogens is 382 g/mol. The van der Waals surface area contributed by atoms with Gasteiger partial charge in [0.05, 0.1) is 17.3 Å². The predicted molar refractivity (Wildman–Crippen MR) is 122 cm³/mol. The van der Waals surface area contributed by atoms with E-state index in [2.05, 4.69) is 44.7 Å². The summed E-state index contributed by atoms with van der Waals surface area (Å²) in [5.74, 6) is 0.625. The maximum Gasteiger partial charge on any atom is 0.260 e. The van der Waals surface area contributed by atoms with E-state index in [0.717, 1.165) is 35.0 Å². The topological polar surface area (TPSA) is 45.7 Å². The third-order valence-electron chi connectivity index (χ3n) is 5.40. The van der Waals surface area contributed by atoms with Gasteiger partial charge < -0.3 is 9.64 Å². The number of benzene rings is 2. The molecule has 2 aromatic carbocycles. The molecule has 0 fully saturated rings. The van der Waals surface area contributed by atoms with E-state index in [1.54, 1.807) is 24.5 Å². The van der Waals surface area contributed by atoms with E-state index in [1.165, 1.54) is 11.1 Å². The van der Waals surface area contributed by atoms with Crippen LogP contribution >= 0.6 is 11.3 Å². The number of fused-ring (bicyclic) bond motifs is 1. The SMILES string of the molecule is CCN(CC)CCN(C(=O)c1cccc(OC)c1)c1nc2c(C)c(C)ccc2s1. The minimum absolute atomic E-state index is 0.0514. The van der Waals surface area contributed by atoms with Crippen molar-refractivity contribution in [3.8, 4) is 5.75 Å². The number of aromatic nitrogens is 1. The van der Waals surface area contributed by atoms with Crippen LogP contribution in [-0.4, -0.2) is 49.1 Å². The van der Waals surface area contributed by atoms with Crippen molar-refractivity contribution < 1.29 is 9.53 Å². The molecule has 154 valence electrons. The van der Waals surface area contributed by atoms with Crippen LogP contribution in [0.25, 0.3) is 10.2 Å². The standard InChI is InChI=1S/C23H29N3O2S/c1-6-25(7-2)13-14-26(22(27)18-9-8-10-19(15-18)28-5)23-24-21-17(4)16(3)11-12-20(21)29-23/h8-12,15H,6-7,13-14H2,1-5H3. The Balaban J connectivity index is 2.00. The van der Waals surface area contributed by atoms with Gasteiger partial charge in [-0.3, -0.25) is 9.69 Å². The lowest BCUT2D eigenvalue weighted by molar-refractivity contribution is 0.0983. The number of anilines is 1. The summed E-state index contributed by atoms with van der Waals surface area (Å²) >= 11 is 1.57. The Labute approximate surface area is 176 Å². The lowest BCUT2D eigenvalue weighted by Gasteiger charge is -2.24. The third kappa shape index (κ3) is 4.60. The molecule has 0 N–H and O–H groups in total. The zero-order valence-corrected chi connectivity index (χ0v) is 18.7. The maximum atomic E-state index is 13.4. The van der Waals surface area contributed by atoms with Crippen molar-refractivity contribution in [1.29, 1.82) is 0 Å². The molecule has 0 spiro atoms. The highest BCUT2D eigenvalue weighted by molar-refractivity contribution is 7.22. The fourth-order valence-corrected chi connectivity index (χ4v) is 4.36. The Morgan fingerprint density at radius 3 is 2.55 bits per heavy atom. The lowest BCUT2D eigenvalue weighted by atomic mass is 10.1. The molecule has 0 saturated heterocycles. The summed E-state index contributed by atoms with van der Waals surface area (Å²) < 4.78 is 6.41. The van der Waals surface area contributed by atoms with Crippen LogP contribution in [0.3, 0.4) is 0 Å². The van der Waals surface area contributed by atoms with Crippen molar-refractivity contribution in [1.82, 2.24) is 9.88 Å². The molecule has 0 unspecified atom stereocenters. The second-order valence-electron chi connectivity index (χ2n) is 7.07. The quantitative estimate of drug-likeness (QED) is 0.528. The van der Waals surface area contributed by atoms with Gasteiger partial charge in [0.2, 0.25) is 0 Å². The van der Waals surface area contributed by atoms with Crippen LogP contribution in [0.1, 0.15) is 35.3 Å². The number of ether oxygens (including phenoxy) is 1. The molecule has 0 atom stereocenters. The third-order valence-corrected chi connectivity index (χ3v) is 6.44. The normalized spacial score (nSPS) is 11.2. The van der Waals surface area contributed by atoms with Crippen molar-refractivity contribution in [2.75, 3.05) is 38.2 Å². The fourth-order valence-electron chi connectivity index (χ4n) is 3.31. The highest BCUT2D eigenvalue weighted by atomic mass is 32.1. The van der Waals surface area contributed by atoms with Crippen LogP contribution < -0.4 is 9.64 Å². The number of amides is 1. The summed E-state index contributed by atoms with van der Waals surface area (Å²) in [4.78, 5) is 22.4. The van der Waals surface area contributed by atoms with Crippen LogP contribution in [0.5, 0.6) is 5.75 Å². The van der Waals surface area contributed by atoms with Gasteiger partial charge in [0.1, 0.15) is 5.75 Å². The van der Waals surface area contributed by atoms with Crippen LogP contribution in [0.4, 0.5) is 5.13 Å². The summed E-state index contributed by atoms with van der Waals surface area (Å²) in [6.07, 6.45) is 0. The zero-order chi connectivity index (χ0) is 21.0. The molecular formula is C23H29N3O2S. The number of aryl methyl sites for hydroxylation is 2. The van der Waals surface area contributed by atoms with Crippen molar-refractivity contribution in [3.63, 3.8) is 0 Å². The van der Waals surface area contributed by atoms with Gasteiger partial charge in [-0.15, -0.1) is 0 Å². The maximum absolute atomic E-state index is 13.4. The number of carbonyl (C=O) groups excluding carboxylic acids is 1. The van der Waals surface area contributed by atoms with E-state index in [9.17, 15) is 4.79 Å². The van der Waals surface area contributed by atoms with Crippen molar-refractivity contribution in [3.05, 3.63) is 53.1 Å². The molecule has 0 bridgehead atoms. The number of hydrogen-bond acceptors (Lipinski definition) is 5. The molecule has 0 saturated carbocycles. The number of hydrogen-bond donors (Lipinski definition) is 0. The van der Waals surface area contributed by atoms with Gasteiger partial charge in [-0.05, 0) is 62.3 Å². The molecule has 0 radical (unpaired) electrons. The number of carbonyl (C=O) groups is 1.